The summed E-state index contributed by atoms with van der Waals surface area (Å²) < 4.78 is 142. The molecule has 1 aliphatic heterocycles. The molecule has 4 rings (SSSR count). The smallest absolute Gasteiger partial charge is 0.494 e. The summed E-state index contributed by atoms with van der Waals surface area (Å²) in [6.07, 6.45) is 0. The molecule has 0 unspecified atom stereocenters. The van der Waals surface area contributed by atoms with Gasteiger partial charge in [0.1, 0.15) is 52.4 Å². The van der Waals surface area contributed by atoms with Crippen LogP contribution in [-0.4, -0.2) is 59.5 Å². The van der Waals surface area contributed by atoms with E-state index in [0.29, 0.717) is 92.0 Å². The zero-order valence-corrected chi connectivity index (χ0v) is 32.0. The van der Waals surface area contributed by atoms with Crippen LogP contribution in [0.3, 0.4) is 0 Å². The van der Waals surface area contributed by atoms with Gasteiger partial charge in [-0.2, -0.15) is 5.26 Å². The zero-order chi connectivity index (χ0) is 37.7. The number of rotatable bonds is 2. The molecule has 24 nitrogen and oxygen atoms in total. The molecule has 2 heterocycles. The number of nitrogens with zero attached hydrogens (tertiary/aromatic N) is 1. The van der Waals surface area contributed by atoms with Crippen LogP contribution in [0, 0.1) is 80.7 Å². The molecule has 53 heavy (non-hydrogen) atoms. The Labute approximate surface area is 337 Å². The van der Waals surface area contributed by atoms with Gasteiger partial charge in [-0.15, -0.1) is 30.7 Å². The second-order valence-electron chi connectivity index (χ2n) is 8.18. The molecular weight excluding hydrogens is 948 g/mol. The van der Waals surface area contributed by atoms with Gasteiger partial charge in [-0.05, 0) is 19.1 Å². The molecule has 2 aromatic carbocycles. The summed E-state index contributed by atoms with van der Waals surface area (Å²) in [6, 6.07) is 10.4. The SMILES string of the molecule is CC#N.CCOc1cc2c3c(=O)c4c(cccc4oc3c1)OCCOCCOCCOCCO2.[O-][Cl+3]([O-])([O-])[O-].[O-][Cl+3]([O-])([O-])[O-].[O-][Cl+3]([O-])([O-])[O-].[OH3+].[OH3+].[OH3+].[Tb+3]. The Hall–Kier alpha value is -1.76. The molecule has 0 radical (unpaired) electrons. The largest absolute Gasteiger partial charge is 3.00 e. The van der Waals surface area contributed by atoms with Crippen molar-refractivity contribution in [2.24, 2.45) is 0 Å². The number of hydrogen-bond acceptors (Lipinski definition) is 21. The van der Waals surface area contributed by atoms with Gasteiger partial charge in [0.15, 0.2) is 0 Å². The Balaban J connectivity index is -0.000000294. The zero-order valence-electron chi connectivity index (χ0n) is 27.6. The molecule has 3 aromatic rings. The van der Waals surface area contributed by atoms with E-state index in [0.717, 1.165) is 0 Å². The molecule has 1 aliphatic rings. The third-order valence-electron chi connectivity index (χ3n) is 4.73. The van der Waals surface area contributed by atoms with Crippen LogP contribution < -0.4 is 75.5 Å². The van der Waals surface area contributed by atoms with Gasteiger partial charge in [-0.3, -0.25) is 4.79 Å². The summed E-state index contributed by atoms with van der Waals surface area (Å²) in [4.78, 5) is 13.5. The second-order valence-corrected chi connectivity index (χ2v) is 10.4. The Bertz CT molecular complexity index is 1430. The van der Waals surface area contributed by atoms with E-state index >= 15 is 0 Å². The third kappa shape index (κ3) is 33.3. The van der Waals surface area contributed by atoms with E-state index in [9.17, 15) is 4.79 Å². The maximum absolute atomic E-state index is 13.5. The van der Waals surface area contributed by atoms with Crippen LogP contribution in [-0.2, 0) is 30.6 Å². The van der Waals surface area contributed by atoms with Crippen molar-refractivity contribution < 1.29 is 175 Å². The average molecular weight is 986 g/mol. The molecule has 1 aromatic heterocycles. The molecule has 0 fully saturated rings. The van der Waals surface area contributed by atoms with Gasteiger partial charge in [-0.25, -0.2) is 55.9 Å². The van der Waals surface area contributed by atoms with Crippen LogP contribution >= 0.6 is 0 Å². The van der Waals surface area contributed by atoms with Crippen LogP contribution in [0.1, 0.15) is 13.8 Å². The van der Waals surface area contributed by atoms with E-state index in [1.807, 2.05) is 6.92 Å². The van der Waals surface area contributed by atoms with Gasteiger partial charge in [-0.1, -0.05) is 6.07 Å². The third-order valence-corrected chi connectivity index (χ3v) is 4.73. The van der Waals surface area contributed by atoms with Gasteiger partial charge in [0.2, 0.25) is 5.43 Å². The molecule has 0 saturated carbocycles. The molecule has 0 atom stereocenters. The van der Waals surface area contributed by atoms with Gasteiger partial charge in [0.05, 0.1) is 52.3 Å². The average Bonchev–Trinajstić information content (AvgIpc) is 2.93. The monoisotopic (exact) mass is 984 g/mol. The number of nitriles is 1. The van der Waals surface area contributed by atoms with Crippen molar-refractivity contribution in [3.8, 4) is 23.3 Å². The summed E-state index contributed by atoms with van der Waals surface area (Å²) in [5, 5.41) is 8.03. The summed E-state index contributed by atoms with van der Waals surface area (Å²) in [5.74, 6) is 1.39. The van der Waals surface area contributed by atoms with Crippen molar-refractivity contribution in [2.45, 2.75) is 13.8 Å². The van der Waals surface area contributed by atoms with Gasteiger partial charge in [0.25, 0.3) is 0 Å². The van der Waals surface area contributed by atoms with Crippen molar-refractivity contribution >= 4 is 21.9 Å². The van der Waals surface area contributed by atoms with Crippen LogP contribution in [0.25, 0.3) is 21.9 Å². The number of benzene rings is 2. The summed E-state index contributed by atoms with van der Waals surface area (Å²) in [6.45, 7) is 6.94. The van der Waals surface area contributed by atoms with Crippen molar-refractivity contribution in [3.63, 3.8) is 0 Å². The fourth-order valence-corrected chi connectivity index (χ4v) is 3.38. The van der Waals surface area contributed by atoms with Gasteiger partial charge < -0.3 is 49.3 Å². The van der Waals surface area contributed by atoms with E-state index in [-0.39, 0.29) is 67.1 Å². The van der Waals surface area contributed by atoms with E-state index in [1.165, 1.54) is 6.92 Å². The van der Waals surface area contributed by atoms with E-state index < -0.39 is 30.7 Å². The summed E-state index contributed by atoms with van der Waals surface area (Å²) in [5.41, 5.74) is 0.602. The van der Waals surface area contributed by atoms with Crippen molar-refractivity contribution in [1.29, 1.82) is 5.26 Å². The van der Waals surface area contributed by atoms with Crippen molar-refractivity contribution in [3.05, 3.63) is 40.6 Å². The van der Waals surface area contributed by atoms with Gasteiger partial charge in [0, 0.05) is 19.1 Å². The van der Waals surface area contributed by atoms with Crippen molar-refractivity contribution in [1.82, 2.24) is 0 Å². The topological polar surface area (TPSA) is 485 Å². The molecule has 0 amide bonds. The standard InChI is InChI=1S/C23H26O8.C2H3N.3ClHO4.3H2O.Tb/c1-2-28-16-14-19-22-20(15-16)31-18-5-3-4-17(21(18)23(22)24)29-12-10-26-8-6-25-7-9-27-11-13-30-19;1-2-3;3*2-1(3,4)5;;;;/h3-5,14-15H,2,6-13H2,1H3;1H3;3*(H,2,3,4,5);3*1H2;/q;;;;;;;;+3. The first kappa shape index (κ1) is 60.5. The molecule has 0 saturated heterocycles. The fraction of sp³-hybridized carbons (Fsp3) is 0.440. The molecule has 9 N–H and O–H groups in total. The maximum Gasteiger partial charge on any atom is 3.00 e. The predicted octanol–water partition coefficient (Wildman–Crippen LogP) is -13.3. The first-order valence-corrected chi connectivity index (χ1v) is 16.7. The van der Waals surface area contributed by atoms with E-state index in [2.05, 4.69) is 0 Å². The molecule has 308 valence electrons. The number of hydrogen-bond donors (Lipinski definition) is 0. The van der Waals surface area contributed by atoms with Crippen LogP contribution in [0.2, 0.25) is 0 Å². The fourth-order valence-electron chi connectivity index (χ4n) is 3.38. The minimum atomic E-state index is -4.94. The Morgan fingerprint density at radius 1 is 0.660 bits per heavy atom. The van der Waals surface area contributed by atoms with Gasteiger partial charge >= 0.3 is 38.6 Å². The first-order valence-electron chi connectivity index (χ1n) is 13.0. The van der Waals surface area contributed by atoms with E-state index in [1.54, 1.807) is 36.4 Å². The predicted molar refractivity (Wildman–Crippen MR) is 141 cm³/mol. The molecular formula is C25H38Cl3NO23Tb+3. The Kier molecular flexibility index (Phi) is 35.9. The minimum Gasteiger partial charge on any atom is -0.494 e. The number of halogens is 3. The second kappa shape index (κ2) is 31.4. The molecule has 0 spiro atoms. The van der Waals surface area contributed by atoms with Crippen molar-refractivity contribution in [2.75, 3.05) is 59.5 Å². The normalized spacial score (nSPS) is 13.2. The quantitative estimate of drug-likeness (QED) is 0.170. The summed E-state index contributed by atoms with van der Waals surface area (Å²) >= 11 is 0. The Morgan fingerprint density at radius 3 is 1.42 bits per heavy atom. The molecule has 2 bridgehead atoms. The summed E-state index contributed by atoms with van der Waals surface area (Å²) in [7, 11) is -14.8. The molecule has 28 heteroatoms. The first-order chi connectivity index (χ1) is 22.7. The van der Waals surface area contributed by atoms with E-state index in [4.69, 9.17) is 94.0 Å². The van der Waals surface area contributed by atoms with Crippen LogP contribution in [0.4, 0.5) is 0 Å². The van der Waals surface area contributed by atoms with Crippen LogP contribution in [0.15, 0.2) is 39.5 Å². The number of ether oxygens (including phenoxy) is 6. The molecule has 0 aliphatic carbocycles. The Morgan fingerprint density at radius 2 is 1.02 bits per heavy atom. The maximum atomic E-state index is 13.5. The van der Waals surface area contributed by atoms with Crippen LogP contribution in [0.5, 0.6) is 17.2 Å². The minimum absolute atomic E-state index is 0.